The number of carbonyl (C=O) groups is 1. The number of nitrogens with two attached hydrogens (primary N) is 1. The molecule has 1 aromatic carbocycles. The Bertz CT molecular complexity index is 634. The summed E-state index contributed by atoms with van der Waals surface area (Å²) in [5.74, 6) is 0.182. The van der Waals surface area contributed by atoms with E-state index in [0.717, 1.165) is 24.8 Å². The van der Waals surface area contributed by atoms with E-state index in [9.17, 15) is 13.2 Å². The first-order valence-corrected chi connectivity index (χ1v) is 9.45. The number of hydrogen-bond acceptors (Lipinski definition) is 4. The highest BCUT2D eigenvalue weighted by molar-refractivity contribution is 7.89. The summed E-state index contributed by atoms with van der Waals surface area (Å²) < 4.78 is 26.6. The molecular weight excluding hydrogens is 350 g/mol. The molecule has 0 aromatic heterocycles. The van der Waals surface area contributed by atoms with Gasteiger partial charge in [0.2, 0.25) is 15.9 Å². The second-order valence-corrected chi connectivity index (χ2v) is 7.89. The molecule has 0 bridgehead atoms. The topological polar surface area (TPSA) is 101 Å². The minimum absolute atomic E-state index is 0. The minimum atomic E-state index is -3.53. The molecule has 2 atom stereocenters. The van der Waals surface area contributed by atoms with Crippen LogP contribution in [0.2, 0.25) is 0 Å². The Morgan fingerprint density at radius 2 is 1.88 bits per heavy atom. The van der Waals surface area contributed by atoms with Gasteiger partial charge in [0.15, 0.2) is 0 Å². The Balaban J connectivity index is 0.00000288. The first-order valence-electron chi connectivity index (χ1n) is 7.97. The molecular formula is C16H26ClN3O3S. The summed E-state index contributed by atoms with van der Waals surface area (Å²) in [6, 6.07) is 6.75. The molecule has 0 spiro atoms. The molecule has 0 unspecified atom stereocenters. The van der Waals surface area contributed by atoms with E-state index in [0.29, 0.717) is 6.42 Å². The summed E-state index contributed by atoms with van der Waals surface area (Å²) in [6.07, 6.45) is 3.48. The Labute approximate surface area is 150 Å². The molecule has 0 heterocycles. The van der Waals surface area contributed by atoms with E-state index in [2.05, 4.69) is 10.0 Å². The fraction of sp³-hybridized carbons (Fsp3) is 0.562. The van der Waals surface area contributed by atoms with Gasteiger partial charge in [-0.3, -0.25) is 4.79 Å². The number of sulfonamides is 1. The lowest BCUT2D eigenvalue weighted by molar-refractivity contribution is -0.122. The molecule has 0 saturated heterocycles. The maximum absolute atomic E-state index is 12.1. The quantitative estimate of drug-likeness (QED) is 0.625. The average Bonchev–Trinajstić information content (AvgIpc) is 2.89. The van der Waals surface area contributed by atoms with Crippen LogP contribution in [0.4, 0.5) is 0 Å². The number of halogens is 1. The zero-order chi connectivity index (χ0) is 16.9. The molecule has 4 N–H and O–H groups in total. The monoisotopic (exact) mass is 375 g/mol. The molecule has 136 valence electrons. The molecule has 2 rings (SSSR count). The van der Waals surface area contributed by atoms with Gasteiger partial charge in [-0.15, -0.1) is 12.4 Å². The lowest BCUT2D eigenvalue weighted by atomic mass is 10.00. The first-order chi connectivity index (χ1) is 10.9. The number of carbonyl (C=O) groups excluding carboxylic acids is 1. The van der Waals surface area contributed by atoms with Crippen molar-refractivity contribution in [1.82, 2.24) is 10.0 Å². The van der Waals surface area contributed by atoms with Gasteiger partial charge in [-0.25, -0.2) is 13.1 Å². The summed E-state index contributed by atoms with van der Waals surface area (Å²) in [5, 5.41) is 2.74. The predicted octanol–water partition coefficient (Wildman–Crippen LogP) is 1.33. The van der Waals surface area contributed by atoms with Crippen LogP contribution in [0.5, 0.6) is 0 Å². The van der Waals surface area contributed by atoms with Gasteiger partial charge in [0.05, 0.1) is 4.90 Å². The van der Waals surface area contributed by atoms with Crippen LogP contribution in [0.1, 0.15) is 31.2 Å². The Kier molecular flexibility index (Phi) is 8.15. The SMILES string of the molecule is Cc1ccc(S(=O)(=O)NCCNC(=O)C[C@@H]2CCC[C@H]2N)cc1.Cl. The Morgan fingerprint density at radius 3 is 2.46 bits per heavy atom. The van der Waals surface area contributed by atoms with Crippen LogP contribution in [0, 0.1) is 12.8 Å². The van der Waals surface area contributed by atoms with Crippen molar-refractivity contribution in [3.8, 4) is 0 Å². The molecule has 8 heteroatoms. The van der Waals surface area contributed by atoms with Gasteiger partial charge in [-0.05, 0) is 37.8 Å². The van der Waals surface area contributed by atoms with Crippen LogP contribution in [-0.4, -0.2) is 33.5 Å². The molecule has 1 saturated carbocycles. The van der Waals surface area contributed by atoms with E-state index in [1.54, 1.807) is 24.3 Å². The fourth-order valence-electron chi connectivity index (χ4n) is 2.82. The molecule has 0 radical (unpaired) electrons. The van der Waals surface area contributed by atoms with Crippen molar-refractivity contribution in [2.24, 2.45) is 11.7 Å². The fourth-order valence-corrected chi connectivity index (χ4v) is 3.85. The van der Waals surface area contributed by atoms with E-state index in [-0.39, 0.29) is 48.3 Å². The van der Waals surface area contributed by atoms with E-state index in [1.807, 2.05) is 6.92 Å². The molecule has 1 aromatic rings. The van der Waals surface area contributed by atoms with Gasteiger partial charge in [0.1, 0.15) is 0 Å². The number of aryl methyl sites for hydroxylation is 1. The van der Waals surface area contributed by atoms with Gasteiger partial charge in [0, 0.05) is 25.6 Å². The van der Waals surface area contributed by atoms with Gasteiger partial charge in [-0.2, -0.15) is 0 Å². The van der Waals surface area contributed by atoms with Crippen molar-refractivity contribution < 1.29 is 13.2 Å². The number of amides is 1. The third kappa shape index (κ3) is 6.05. The second-order valence-electron chi connectivity index (χ2n) is 6.12. The number of nitrogens with one attached hydrogen (secondary N) is 2. The van der Waals surface area contributed by atoms with Gasteiger partial charge in [-0.1, -0.05) is 24.1 Å². The van der Waals surface area contributed by atoms with Gasteiger partial charge >= 0.3 is 0 Å². The largest absolute Gasteiger partial charge is 0.355 e. The van der Waals surface area contributed by atoms with Crippen LogP contribution in [0.25, 0.3) is 0 Å². The van der Waals surface area contributed by atoms with Crippen molar-refractivity contribution in [2.45, 2.75) is 43.5 Å². The van der Waals surface area contributed by atoms with Crippen LogP contribution in [-0.2, 0) is 14.8 Å². The van der Waals surface area contributed by atoms with E-state index in [4.69, 9.17) is 5.73 Å². The Hall–Kier alpha value is -1.15. The highest BCUT2D eigenvalue weighted by Gasteiger charge is 2.25. The lowest BCUT2D eigenvalue weighted by Crippen LogP contribution is -2.36. The minimum Gasteiger partial charge on any atom is -0.355 e. The molecule has 1 aliphatic rings. The maximum Gasteiger partial charge on any atom is 0.240 e. The molecule has 0 aliphatic heterocycles. The van der Waals surface area contributed by atoms with Crippen molar-refractivity contribution in [3.05, 3.63) is 29.8 Å². The first kappa shape index (κ1) is 20.9. The number of rotatable bonds is 7. The average molecular weight is 376 g/mol. The molecule has 1 amide bonds. The summed E-state index contributed by atoms with van der Waals surface area (Å²) in [5.41, 5.74) is 6.94. The number of hydrogen-bond donors (Lipinski definition) is 3. The van der Waals surface area contributed by atoms with Crippen molar-refractivity contribution in [3.63, 3.8) is 0 Å². The summed E-state index contributed by atoms with van der Waals surface area (Å²) >= 11 is 0. The third-order valence-electron chi connectivity index (χ3n) is 4.24. The smallest absolute Gasteiger partial charge is 0.240 e. The molecule has 1 fully saturated rings. The van der Waals surface area contributed by atoms with E-state index >= 15 is 0 Å². The van der Waals surface area contributed by atoms with Crippen LogP contribution >= 0.6 is 12.4 Å². The number of benzene rings is 1. The molecule has 1 aliphatic carbocycles. The third-order valence-corrected chi connectivity index (χ3v) is 5.71. The van der Waals surface area contributed by atoms with Crippen LogP contribution < -0.4 is 15.8 Å². The maximum atomic E-state index is 12.1. The zero-order valence-corrected chi connectivity index (χ0v) is 15.5. The summed E-state index contributed by atoms with van der Waals surface area (Å²) in [4.78, 5) is 12.1. The van der Waals surface area contributed by atoms with Crippen molar-refractivity contribution >= 4 is 28.3 Å². The van der Waals surface area contributed by atoms with E-state index in [1.165, 1.54) is 0 Å². The highest BCUT2D eigenvalue weighted by Crippen LogP contribution is 2.26. The Morgan fingerprint density at radius 1 is 1.21 bits per heavy atom. The standard InChI is InChI=1S/C16H25N3O3S.ClH/c1-12-5-7-14(8-6-12)23(21,22)19-10-9-18-16(20)11-13-3-2-4-15(13)17;/h5-8,13,15,19H,2-4,9-11,17H2,1H3,(H,18,20);1H/t13-,15+;/m0./s1. The zero-order valence-electron chi connectivity index (χ0n) is 13.8. The highest BCUT2D eigenvalue weighted by atomic mass is 35.5. The van der Waals surface area contributed by atoms with Crippen LogP contribution in [0.3, 0.4) is 0 Å². The predicted molar refractivity (Wildman–Crippen MR) is 96.6 cm³/mol. The molecule has 24 heavy (non-hydrogen) atoms. The molecule has 6 nitrogen and oxygen atoms in total. The van der Waals surface area contributed by atoms with Crippen LogP contribution in [0.15, 0.2) is 29.2 Å². The van der Waals surface area contributed by atoms with Crippen molar-refractivity contribution in [2.75, 3.05) is 13.1 Å². The van der Waals surface area contributed by atoms with Crippen molar-refractivity contribution in [1.29, 1.82) is 0 Å². The second kappa shape index (κ2) is 9.36. The summed E-state index contributed by atoms with van der Waals surface area (Å²) in [7, 11) is -3.53. The summed E-state index contributed by atoms with van der Waals surface area (Å²) in [6.45, 7) is 2.33. The normalized spacial score (nSPS) is 20.4. The lowest BCUT2D eigenvalue weighted by Gasteiger charge is -2.14. The van der Waals surface area contributed by atoms with Gasteiger partial charge < -0.3 is 11.1 Å². The van der Waals surface area contributed by atoms with E-state index < -0.39 is 10.0 Å². The van der Waals surface area contributed by atoms with Gasteiger partial charge in [0.25, 0.3) is 0 Å².